The van der Waals surface area contributed by atoms with E-state index in [-0.39, 0.29) is 5.69 Å². The molecule has 26 heavy (non-hydrogen) atoms. The second-order valence-electron chi connectivity index (χ2n) is 6.38. The fourth-order valence-electron chi connectivity index (χ4n) is 3.10. The topological polar surface area (TPSA) is 41.4 Å². The first kappa shape index (κ1) is 18.4. The number of hydrogen-bond donors (Lipinski definition) is 0. The van der Waals surface area contributed by atoms with Crippen molar-refractivity contribution in [3.8, 4) is 5.69 Å². The molecular weight excluding hydrogens is 345 g/mol. The third kappa shape index (κ3) is 3.60. The van der Waals surface area contributed by atoms with Crippen molar-refractivity contribution in [2.24, 2.45) is 0 Å². The van der Waals surface area contributed by atoms with Gasteiger partial charge >= 0.3 is 6.18 Å². The van der Waals surface area contributed by atoms with Gasteiger partial charge in [-0.15, -0.1) is 0 Å². The molecule has 2 aromatic rings. The standard InChI is InChI=1S/C18H21F3N4O/c1-3-23-8-10-24(11-9-23)17(26)15-12-22-25(16(15)18(19,20)21)14-6-4-13(2)5-7-14/h4-7,12H,3,8-11H2,1-2H3. The molecule has 1 amide bonds. The van der Waals surface area contributed by atoms with Crippen molar-refractivity contribution >= 4 is 5.91 Å². The van der Waals surface area contributed by atoms with Crippen LogP contribution in [0.25, 0.3) is 5.69 Å². The Labute approximate surface area is 150 Å². The molecule has 1 aromatic carbocycles. The SMILES string of the molecule is CCN1CCN(C(=O)c2cnn(-c3ccc(C)cc3)c2C(F)(F)F)CC1. The number of nitrogens with zero attached hydrogens (tertiary/aromatic N) is 4. The molecule has 0 unspecified atom stereocenters. The van der Waals surface area contributed by atoms with Crippen LogP contribution in [-0.2, 0) is 6.18 Å². The zero-order valence-corrected chi connectivity index (χ0v) is 14.8. The van der Waals surface area contributed by atoms with Crippen LogP contribution in [0.15, 0.2) is 30.5 Å². The lowest BCUT2D eigenvalue weighted by Gasteiger charge is -2.34. The number of rotatable bonds is 3. The fraction of sp³-hybridized carbons (Fsp3) is 0.444. The molecule has 1 aromatic heterocycles. The van der Waals surface area contributed by atoms with E-state index >= 15 is 0 Å². The summed E-state index contributed by atoms with van der Waals surface area (Å²) in [6.45, 7) is 6.89. The summed E-state index contributed by atoms with van der Waals surface area (Å²) in [5, 5.41) is 3.87. The van der Waals surface area contributed by atoms with Gasteiger partial charge in [-0.1, -0.05) is 24.6 Å². The van der Waals surface area contributed by atoms with E-state index in [0.29, 0.717) is 26.2 Å². The van der Waals surface area contributed by atoms with Crippen LogP contribution in [0.3, 0.4) is 0 Å². The van der Waals surface area contributed by atoms with E-state index < -0.39 is 23.3 Å². The quantitative estimate of drug-likeness (QED) is 0.839. The van der Waals surface area contributed by atoms with E-state index in [1.807, 2.05) is 13.8 Å². The summed E-state index contributed by atoms with van der Waals surface area (Å²) in [5.41, 5.74) is -0.218. The van der Waals surface area contributed by atoms with Gasteiger partial charge in [0.25, 0.3) is 5.91 Å². The van der Waals surface area contributed by atoms with Crippen LogP contribution in [0.5, 0.6) is 0 Å². The summed E-state index contributed by atoms with van der Waals surface area (Å²) in [6.07, 6.45) is -3.66. The third-order valence-electron chi connectivity index (χ3n) is 4.65. The number of benzene rings is 1. The molecule has 1 aliphatic rings. The van der Waals surface area contributed by atoms with E-state index in [2.05, 4.69) is 10.00 Å². The van der Waals surface area contributed by atoms with Crippen LogP contribution in [0.1, 0.15) is 28.5 Å². The normalized spacial score (nSPS) is 16.1. The number of hydrogen-bond acceptors (Lipinski definition) is 3. The summed E-state index contributed by atoms with van der Waals surface area (Å²) >= 11 is 0. The molecule has 1 fully saturated rings. The van der Waals surface area contributed by atoms with Crippen molar-refractivity contribution in [3.63, 3.8) is 0 Å². The number of alkyl halides is 3. The molecule has 140 valence electrons. The van der Waals surface area contributed by atoms with Gasteiger partial charge in [0.05, 0.1) is 17.4 Å². The highest BCUT2D eigenvalue weighted by Crippen LogP contribution is 2.34. The van der Waals surface area contributed by atoms with Gasteiger partial charge in [-0.3, -0.25) is 4.79 Å². The number of likely N-dealkylation sites (N-methyl/N-ethyl adjacent to an activating group) is 1. The molecule has 1 saturated heterocycles. The van der Waals surface area contributed by atoms with Gasteiger partial charge in [-0.25, -0.2) is 4.68 Å². The number of amides is 1. The zero-order valence-electron chi connectivity index (χ0n) is 14.8. The molecule has 0 bridgehead atoms. The molecule has 0 spiro atoms. The Kier molecular flexibility index (Phi) is 5.04. The number of carbonyl (C=O) groups is 1. The largest absolute Gasteiger partial charge is 0.434 e. The van der Waals surface area contributed by atoms with Crippen molar-refractivity contribution in [3.05, 3.63) is 47.3 Å². The van der Waals surface area contributed by atoms with Crippen molar-refractivity contribution < 1.29 is 18.0 Å². The number of carbonyl (C=O) groups excluding carboxylic acids is 1. The lowest BCUT2D eigenvalue weighted by atomic mass is 10.1. The van der Waals surface area contributed by atoms with Crippen molar-refractivity contribution in [1.29, 1.82) is 0 Å². The molecule has 8 heteroatoms. The summed E-state index contributed by atoms with van der Waals surface area (Å²) in [6, 6.07) is 6.54. The van der Waals surface area contributed by atoms with Gasteiger partial charge in [0.1, 0.15) is 0 Å². The molecule has 0 N–H and O–H groups in total. The second-order valence-corrected chi connectivity index (χ2v) is 6.38. The molecule has 3 rings (SSSR count). The molecular formula is C18H21F3N4O. The highest BCUT2D eigenvalue weighted by Gasteiger charge is 2.41. The maximum absolute atomic E-state index is 13.7. The monoisotopic (exact) mass is 366 g/mol. The first-order valence-electron chi connectivity index (χ1n) is 8.55. The maximum atomic E-state index is 13.7. The Morgan fingerprint density at radius 2 is 1.73 bits per heavy atom. The first-order chi connectivity index (χ1) is 12.3. The van der Waals surface area contributed by atoms with Crippen LogP contribution in [-0.4, -0.2) is 58.2 Å². The lowest BCUT2D eigenvalue weighted by Crippen LogP contribution is -2.48. The highest BCUT2D eigenvalue weighted by atomic mass is 19.4. The molecule has 0 aliphatic carbocycles. The van der Waals surface area contributed by atoms with Crippen LogP contribution in [0.4, 0.5) is 13.2 Å². The second kappa shape index (κ2) is 7.11. The van der Waals surface area contributed by atoms with Crippen molar-refractivity contribution in [1.82, 2.24) is 19.6 Å². The Morgan fingerprint density at radius 1 is 1.12 bits per heavy atom. The van der Waals surface area contributed by atoms with Crippen LogP contribution >= 0.6 is 0 Å². The lowest BCUT2D eigenvalue weighted by molar-refractivity contribution is -0.143. The van der Waals surface area contributed by atoms with Crippen molar-refractivity contribution in [2.45, 2.75) is 20.0 Å². The Bertz CT molecular complexity index is 775. The summed E-state index contributed by atoms with van der Waals surface area (Å²) in [4.78, 5) is 16.3. The van der Waals surface area contributed by atoms with E-state index in [1.54, 1.807) is 24.3 Å². The van der Waals surface area contributed by atoms with E-state index in [4.69, 9.17) is 0 Å². The highest BCUT2D eigenvalue weighted by molar-refractivity contribution is 5.95. The van der Waals surface area contributed by atoms with Gasteiger partial charge in [0.15, 0.2) is 5.69 Å². The Morgan fingerprint density at radius 3 is 2.27 bits per heavy atom. The van der Waals surface area contributed by atoms with Crippen LogP contribution in [0.2, 0.25) is 0 Å². The molecule has 5 nitrogen and oxygen atoms in total. The average Bonchev–Trinajstić information content (AvgIpc) is 3.07. The smallest absolute Gasteiger partial charge is 0.336 e. The number of aryl methyl sites for hydroxylation is 1. The van der Waals surface area contributed by atoms with Crippen LogP contribution < -0.4 is 0 Å². The minimum Gasteiger partial charge on any atom is -0.336 e. The summed E-state index contributed by atoms with van der Waals surface area (Å²) in [5.74, 6) is -0.619. The predicted molar refractivity (Wildman–Crippen MR) is 91.3 cm³/mol. The van der Waals surface area contributed by atoms with Gasteiger partial charge in [0, 0.05) is 26.2 Å². The fourth-order valence-corrected chi connectivity index (χ4v) is 3.10. The van der Waals surface area contributed by atoms with Gasteiger partial charge < -0.3 is 9.80 Å². The van der Waals surface area contributed by atoms with Crippen LogP contribution in [0, 0.1) is 6.92 Å². The van der Waals surface area contributed by atoms with E-state index in [0.717, 1.165) is 23.0 Å². The van der Waals surface area contributed by atoms with E-state index in [1.165, 1.54) is 4.90 Å². The molecule has 2 heterocycles. The number of halogens is 3. The third-order valence-corrected chi connectivity index (χ3v) is 4.65. The van der Waals surface area contributed by atoms with Crippen molar-refractivity contribution in [2.75, 3.05) is 32.7 Å². The predicted octanol–water partition coefficient (Wildman–Crippen LogP) is 2.98. The van der Waals surface area contributed by atoms with Gasteiger partial charge in [-0.05, 0) is 25.6 Å². The zero-order chi connectivity index (χ0) is 18.9. The summed E-state index contributed by atoms with van der Waals surface area (Å²) in [7, 11) is 0. The van der Waals surface area contributed by atoms with E-state index in [9.17, 15) is 18.0 Å². The Balaban J connectivity index is 1.95. The Hall–Kier alpha value is -2.35. The molecule has 0 saturated carbocycles. The molecule has 0 atom stereocenters. The van der Waals surface area contributed by atoms with Gasteiger partial charge in [-0.2, -0.15) is 18.3 Å². The van der Waals surface area contributed by atoms with Gasteiger partial charge in [0.2, 0.25) is 0 Å². The minimum atomic E-state index is -4.68. The molecule has 0 radical (unpaired) electrons. The molecule has 1 aliphatic heterocycles. The average molecular weight is 366 g/mol. The number of aromatic nitrogens is 2. The first-order valence-corrected chi connectivity index (χ1v) is 8.55. The maximum Gasteiger partial charge on any atom is 0.434 e. The number of piperazine rings is 1. The minimum absolute atomic E-state index is 0.276. The summed E-state index contributed by atoms with van der Waals surface area (Å²) < 4.78 is 41.9.